The lowest BCUT2D eigenvalue weighted by molar-refractivity contribution is 0.0668. The van der Waals surface area contributed by atoms with E-state index in [9.17, 15) is 5.11 Å². The Morgan fingerprint density at radius 2 is 1.61 bits per heavy atom. The number of anilines is 1. The molecule has 28 heavy (non-hydrogen) atoms. The maximum absolute atomic E-state index is 10.5. The van der Waals surface area contributed by atoms with E-state index in [1.54, 1.807) is 0 Å². The van der Waals surface area contributed by atoms with Crippen LogP contribution in [0.5, 0.6) is 5.75 Å². The van der Waals surface area contributed by atoms with Crippen LogP contribution in [0.25, 0.3) is 10.8 Å². The van der Waals surface area contributed by atoms with Crippen molar-refractivity contribution in [3.05, 3.63) is 72.3 Å². The number of β-amino-alcohol motifs (C(OH)–C–C–N with tert-alkyl or cyclic N) is 1. The molecule has 0 saturated carbocycles. The number of nitrogens with zero attached hydrogens (tertiary/aromatic N) is 2. The highest BCUT2D eigenvalue weighted by molar-refractivity contribution is 5.88. The molecule has 0 aromatic heterocycles. The lowest BCUT2D eigenvalue weighted by Crippen LogP contribution is -2.49. The van der Waals surface area contributed by atoms with Gasteiger partial charge in [0.2, 0.25) is 0 Å². The minimum Gasteiger partial charge on any atom is -0.490 e. The molecule has 1 heterocycles. The smallest absolute Gasteiger partial charge is 0.127 e. The highest BCUT2D eigenvalue weighted by Crippen LogP contribution is 2.25. The van der Waals surface area contributed by atoms with Gasteiger partial charge in [-0.25, -0.2) is 0 Å². The van der Waals surface area contributed by atoms with Crippen LogP contribution in [0.3, 0.4) is 0 Å². The summed E-state index contributed by atoms with van der Waals surface area (Å²) in [7, 11) is 0. The molecule has 0 unspecified atom stereocenters. The van der Waals surface area contributed by atoms with Crippen LogP contribution in [0.15, 0.2) is 66.7 Å². The summed E-state index contributed by atoms with van der Waals surface area (Å²) >= 11 is 0. The van der Waals surface area contributed by atoms with Crippen molar-refractivity contribution in [2.45, 2.75) is 13.0 Å². The fourth-order valence-electron chi connectivity index (χ4n) is 3.80. The highest BCUT2D eigenvalue weighted by atomic mass is 16.5. The second-order valence-corrected chi connectivity index (χ2v) is 7.57. The molecule has 0 radical (unpaired) electrons. The van der Waals surface area contributed by atoms with Crippen LogP contribution in [0.1, 0.15) is 5.56 Å². The summed E-state index contributed by atoms with van der Waals surface area (Å²) in [4.78, 5) is 4.73. The minimum atomic E-state index is -0.495. The van der Waals surface area contributed by atoms with Gasteiger partial charge >= 0.3 is 0 Å². The van der Waals surface area contributed by atoms with Crippen LogP contribution < -0.4 is 9.64 Å². The number of aliphatic hydroxyl groups excluding tert-OH is 1. The second kappa shape index (κ2) is 8.63. The molecule has 4 heteroatoms. The van der Waals surface area contributed by atoms with Crippen molar-refractivity contribution in [2.24, 2.45) is 0 Å². The highest BCUT2D eigenvalue weighted by Gasteiger charge is 2.20. The number of ether oxygens (including phenoxy) is 1. The van der Waals surface area contributed by atoms with Gasteiger partial charge in [0.05, 0.1) is 0 Å². The van der Waals surface area contributed by atoms with Crippen molar-refractivity contribution in [1.82, 2.24) is 4.90 Å². The van der Waals surface area contributed by atoms with Gasteiger partial charge < -0.3 is 14.7 Å². The van der Waals surface area contributed by atoms with Crippen molar-refractivity contribution in [1.29, 1.82) is 0 Å². The first-order chi connectivity index (χ1) is 13.7. The summed E-state index contributed by atoms with van der Waals surface area (Å²) in [6, 6.07) is 22.9. The summed E-state index contributed by atoms with van der Waals surface area (Å²) in [5, 5.41) is 12.7. The van der Waals surface area contributed by atoms with E-state index in [4.69, 9.17) is 4.74 Å². The third-order valence-electron chi connectivity index (χ3n) is 5.42. The lowest BCUT2D eigenvalue weighted by Gasteiger charge is -2.36. The van der Waals surface area contributed by atoms with Gasteiger partial charge in [-0.2, -0.15) is 0 Å². The summed E-state index contributed by atoms with van der Waals surface area (Å²) < 4.78 is 5.94. The summed E-state index contributed by atoms with van der Waals surface area (Å²) in [5.74, 6) is 0.835. The van der Waals surface area contributed by atoms with Gasteiger partial charge in [-0.1, -0.05) is 54.1 Å². The Hall–Kier alpha value is -2.56. The Bertz CT molecular complexity index is 897. The molecule has 1 aliphatic rings. The van der Waals surface area contributed by atoms with Gasteiger partial charge in [-0.15, -0.1) is 0 Å². The van der Waals surface area contributed by atoms with Crippen LogP contribution in [0.4, 0.5) is 5.69 Å². The van der Waals surface area contributed by atoms with Crippen LogP contribution in [-0.4, -0.2) is 55.4 Å². The number of hydrogen-bond acceptors (Lipinski definition) is 4. The van der Waals surface area contributed by atoms with Gasteiger partial charge in [0, 0.05) is 43.8 Å². The molecular weight excluding hydrogens is 348 g/mol. The van der Waals surface area contributed by atoms with E-state index in [2.05, 4.69) is 59.2 Å². The molecule has 0 aliphatic carbocycles. The normalized spacial score (nSPS) is 16.3. The minimum absolute atomic E-state index is 0.312. The molecule has 1 fully saturated rings. The Kier molecular flexibility index (Phi) is 5.79. The molecule has 3 aromatic carbocycles. The summed E-state index contributed by atoms with van der Waals surface area (Å²) in [6.45, 7) is 6.96. The Labute approximate surface area is 167 Å². The quantitative estimate of drug-likeness (QED) is 0.711. The molecule has 1 saturated heterocycles. The van der Waals surface area contributed by atoms with E-state index in [1.807, 2.05) is 24.3 Å². The fraction of sp³-hybridized carbons (Fsp3) is 0.333. The zero-order valence-corrected chi connectivity index (χ0v) is 16.4. The van der Waals surface area contributed by atoms with E-state index in [-0.39, 0.29) is 0 Å². The van der Waals surface area contributed by atoms with Crippen LogP contribution in [-0.2, 0) is 0 Å². The summed E-state index contributed by atoms with van der Waals surface area (Å²) in [6.07, 6.45) is -0.495. The van der Waals surface area contributed by atoms with Crippen molar-refractivity contribution >= 4 is 16.5 Å². The first-order valence-electron chi connectivity index (χ1n) is 10.0. The zero-order chi connectivity index (χ0) is 19.3. The average Bonchev–Trinajstić information content (AvgIpc) is 2.73. The maximum atomic E-state index is 10.5. The first-order valence-corrected chi connectivity index (χ1v) is 10.0. The molecule has 0 spiro atoms. The van der Waals surface area contributed by atoms with Crippen molar-refractivity contribution < 1.29 is 9.84 Å². The number of fused-ring (bicyclic) bond motifs is 1. The molecule has 0 amide bonds. The van der Waals surface area contributed by atoms with Crippen molar-refractivity contribution in [3.8, 4) is 5.75 Å². The Balaban J connectivity index is 1.26. The van der Waals surface area contributed by atoms with Crippen LogP contribution in [0.2, 0.25) is 0 Å². The summed E-state index contributed by atoms with van der Waals surface area (Å²) in [5.41, 5.74) is 2.57. The van der Waals surface area contributed by atoms with Crippen molar-refractivity contribution in [2.75, 3.05) is 44.2 Å². The molecule has 0 bridgehead atoms. The molecule has 3 aromatic rings. The van der Waals surface area contributed by atoms with Crippen molar-refractivity contribution in [3.63, 3.8) is 0 Å². The second-order valence-electron chi connectivity index (χ2n) is 7.57. The Morgan fingerprint density at radius 3 is 2.39 bits per heavy atom. The fourth-order valence-corrected chi connectivity index (χ4v) is 3.80. The number of piperazine rings is 1. The topological polar surface area (TPSA) is 35.9 Å². The number of hydrogen-bond donors (Lipinski definition) is 1. The number of aryl methyl sites for hydroxylation is 1. The van der Waals surface area contributed by atoms with Crippen LogP contribution >= 0.6 is 0 Å². The number of benzene rings is 3. The average molecular weight is 377 g/mol. The maximum Gasteiger partial charge on any atom is 0.127 e. The van der Waals surface area contributed by atoms with Gasteiger partial charge in [0.1, 0.15) is 18.5 Å². The molecule has 1 atom stereocenters. The zero-order valence-electron chi connectivity index (χ0n) is 16.4. The molecule has 1 aliphatic heterocycles. The van der Waals surface area contributed by atoms with E-state index in [0.717, 1.165) is 42.7 Å². The lowest BCUT2D eigenvalue weighted by atomic mass is 10.1. The van der Waals surface area contributed by atoms with Gasteiger partial charge in [-0.3, -0.25) is 4.90 Å². The molecule has 4 nitrogen and oxygen atoms in total. The standard InChI is InChI=1S/C24H28N2O2/c1-19-9-11-21(12-10-19)26-15-13-25(14-16-26)17-22(27)18-28-24-8-4-6-20-5-2-3-7-23(20)24/h2-12,22,27H,13-18H2,1H3/t22-/m1/s1. The number of rotatable bonds is 6. The van der Waals surface area contributed by atoms with E-state index >= 15 is 0 Å². The van der Waals surface area contributed by atoms with E-state index in [0.29, 0.717) is 13.2 Å². The molecule has 146 valence electrons. The molecular formula is C24H28N2O2. The molecule has 4 rings (SSSR count). The van der Waals surface area contributed by atoms with Gasteiger partial charge in [-0.05, 0) is 30.5 Å². The Morgan fingerprint density at radius 1 is 0.893 bits per heavy atom. The number of aliphatic hydroxyl groups is 1. The van der Waals surface area contributed by atoms with E-state index < -0.39 is 6.10 Å². The predicted octanol–water partition coefficient (Wildman–Crippen LogP) is 3.71. The monoisotopic (exact) mass is 376 g/mol. The largest absolute Gasteiger partial charge is 0.490 e. The third-order valence-corrected chi connectivity index (χ3v) is 5.42. The molecule has 1 N–H and O–H groups in total. The third kappa shape index (κ3) is 4.46. The SMILES string of the molecule is Cc1ccc(N2CCN(C[C@@H](O)COc3cccc4ccccc34)CC2)cc1. The van der Waals surface area contributed by atoms with E-state index in [1.165, 1.54) is 11.3 Å². The predicted molar refractivity (Wildman–Crippen MR) is 115 cm³/mol. The first kappa shape index (κ1) is 18.8. The van der Waals surface area contributed by atoms with Gasteiger partial charge in [0.15, 0.2) is 0 Å². The van der Waals surface area contributed by atoms with Gasteiger partial charge in [0.25, 0.3) is 0 Å². The van der Waals surface area contributed by atoms with Crippen LogP contribution in [0, 0.1) is 6.92 Å².